The van der Waals surface area contributed by atoms with Gasteiger partial charge in [-0.25, -0.2) is 0 Å². The van der Waals surface area contributed by atoms with E-state index < -0.39 is 0 Å². The molecule has 4 nitrogen and oxygen atoms in total. The van der Waals surface area contributed by atoms with Crippen molar-refractivity contribution in [2.24, 2.45) is 0 Å². The molecule has 0 saturated carbocycles. The molecule has 5 heteroatoms. The normalized spacial score (nSPS) is 7.69. The van der Waals surface area contributed by atoms with Crippen LogP contribution in [0.25, 0.3) is 0 Å². The number of aromatic hydroxyl groups is 1. The van der Waals surface area contributed by atoms with Crippen molar-refractivity contribution in [2.75, 3.05) is 0 Å². The van der Waals surface area contributed by atoms with Gasteiger partial charge in [0.25, 0.3) is 0 Å². The van der Waals surface area contributed by atoms with Gasteiger partial charge in [-0.3, -0.25) is 5.10 Å². The van der Waals surface area contributed by atoms with Crippen LogP contribution in [0.2, 0.25) is 0 Å². The summed E-state index contributed by atoms with van der Waals surface area (Å²) in [5, 5.41) is 17.9. The van der Waals surface area contributed by atoms with Gasteiger partial charge in [0.2, 0.25) is 0 Å². The maximum absolute atomic E-state index is 8.63. The summed E-state index contributed by atoms with van der Waals surface area (Å²) in [5.74, 6) is 0.322. The number of H-pyrrole nitrogens is 1. The molecule has 0 saturated heterocycles. The van der Waals surface area contributed by atoms with E-state index in [0.29, 0.717) is 5.75 Å². The average molecular weight is 229 g/mol. The van der Waals surface area contributed by atoms with Crippen LogP contribution in [-0.2, 0) is 19.5 Å². The summed E-state index contributed by atoms with van der Waals surface area (Å²) in [4.78, 5) is 0. The smallest absolute Gasteiger partial charge is 0.115 e. The van der Waals surface area contributed by atoms with Gasteiger partial charge >= 0.3 is 0 Å². The van der Waals surface area contributed by atoms with Crippen LogP contribution in [0.4, 0.5) is 0 Å². The van der Waals surface area contributed by atoms with Crippen LogP contribution in [0, 0.1) is 0 Å². The van der Waals surface area contributed by atoms with Gasteiger partial charge in [0.15, 0.2) is 0 Å². The molecule has 13 heavy (non-hydrogen) atoms. The third kappa shape index (κ3) is 5.99. The Hall–Kier alpha value is -1.22. The summed E-state index contributed by atoms with van der Waals surface area (Å²) in [7, 11) is 0. The fourth-order valence-electron chi connectivity index (χ4n) is 0.595. The summed E-state index contributed by atoms with van der Waals surface area (Å²) < 4.78 is 0. The predicted molar refractivity (Wildman–Crippen MR) is 44.5 cm³/mol. The van der Waals surface area contributed by atoms with Crippen molar-refractivity contribution in [3.05, 3.63) is 42.7 Å². The molecule has 0 bridgehead atoms. The Labute approximate surface area is 88.8 Å². The molecule has 0 aliphatic heterocycles. The van der Waals surface area contributed by atoms with E-state index in [9.17, 15) is 0 Å². The van der Waals surface area contributed by atoms with Crippen molar-refractivity contribution in [2.45, 2.75) is 0 Å². The maximum atomic E-state index is 8.63. The molecule has 0 atom stereocenters. The number of nitrogens with zero attached hydrogens (tertiary/aromatic N) is 2. The zero-order valence-electron chi connectivity index (χ0n) is 7.09. The standard InChI is InChI=1S/C6H6O.C2H3N3.Zn/c7-6-4-2-1-3-5-6;1-2-4-5-3-1;/h1-5,7H;1-2H,(H,3,4,5);. The van der Waals surface area contributed by atoms with Crippen molar-refractivity contribution < 1.29 is 24.6 Å². The average Bonchev–Trinajstić information content (AvgIpc) is 2.62. The second-order valence-electron chi connectivity index (χ2n) is 2.00. The van der Waals surface area contributed by atoms with Crippen molar-refractivity contribution in [1.29, 1.82) is 0 Å². The molecule has 1 aromatic heterocycles. The first-order chi connectivity index (χ1) is 5.89. The van der Waals surface area contributed by atoms with Gasteiger partial charge in [0.05, 0.1) is 6.20 Å². The zero-order valence-corrected chi connectivity index (χ0v) is 10.1. The molecule has 0 aliphatic carbocycles. The van der Waals surface area contributed by atoms with Crippen molar-refractivity contribution in [3.63, 3.8) is 0 Å². The summed E-state index contributed by atoms with van der Waals surface area (Å²) in [6.45, 7) is 0. The molecule has 0 amide bonds. The quantitative estimate of drug-likeness (QED) is 0.666. The Morgan fingerprint density at radius 1 is 1.15 bits per heavy atom. The van der Waals surface area contributed by atoms with Crippen molar-refractivity contribution in [1.82, 2.24) is 15.4 Å². The minimum Gasteiger partial charge on any atom is -0.508 e. The van der Waals surface area contributed by atoms with Crippen LogP contribution >= 0.6 is 0 Å². The number of hydrogen-bond acceptors (Lipinski definition) is 3. The molecule has 2 aromatic rings. The van der Waals surface area contributed by atoms with E-state index in [1.807, 2.05) is 6.07 Å². The Bertz CT molecular complexity index is 268. The van der Waals surface area contributed by atoms with E-state index in [0.717, 1.165) is 0 Å². The van der Waals surface area contributed by atoms with E-state index >= 15 is 0 Å². The summed E-state index contributed by atoms with van der Waals surface area (Å²) in [5.41, 5.74) is 0. The summed E-state index contributed by atoms with van der Waals surface area (Å²) in [6, 6.07) is 8.71. The van der Waals surface area contributed by atoms with E-state index in [1.54, 1.807) is 36.7 Å². The van der Waals surface area contributed by atoms with Gasteiger partial charge in [0.1, 0.15) is 5.75 Å². The zero-order chi connectivity index (χ0) is 8.65. The van der Waals surface area contributed by atoms with Crippen LogP contribution < -0.4 is 0 Å². The first-order valence-corrected chi connectivity index (χ1v) is 3.44. The van der Waals surface area contributed by atoms with E-state index in [4.69, 9.17) is 5.11 Å². The molecule has 2 rings (SSSR count). The monoisotopic (exact) mass is 227 g/mol. The second kappa shape index (κ2) is 7.43. The number of rotatable bonds is 0. The number of benzene rings is 1. The maximum Gasteiger partial charge on any atom is 0.115 e. The second-order valence-corrected chi connectivity index (χ2v) is 2.00. The van der Waals surface area contributed by atoms with E-state index in [1.165, 1.54) is 0 Å². The number of hydrogen-bond donors (Lipinski definition) is 2. The van der Waals surface area contributed by atoms with Gasteiger partial charge in [-0.1, -0.05) is 23.4 Å². The summed E-state index contributed by atoms with van der Waals surface area (Å²) >= 11 is 0. The Kier molecular flexibility index (Phi) is 6.74. The van der Waals surface area contributed by atoms with Crippen molar-refractivity contribution in [3.8, 4) is 5.75 Å². The van der Waals surface area contributed by atoms with Crippen LogP contribution in [0.15, 0.2) is 42.7 Å². The fourth-order valence-corrected chi connectivity index (χ4v) is 0.595. The number of aromatic amines is 1. The number of aromatic nitrogens is 3. The largest absolute Gasteiger partial charge is 0.508 e. The van der Waals surface area contributed by atoms with Gasteiger partial charge in [0, 0.05) is 25.7 Å². The Balaban J connectivity index is 0.000000215. The van der Waals surface area contributed by atoms with E-state index in [2.05, 4.69) is 15.4 Å². The molecule has 0 unspecified atom stereocenters. The molecule has 0 radical (unpaired) electrons. The third-order valence-corrected chi connectivity index (χ3v) is 1.09. The first-order valence-electron chi connectivity index (χ1n) is 3.44. The summed E-state index contributed by atoms with van der Waals surface area (Å²) in [6.07, 6.45) is 3.24. The number of phenols is 1. The molecular formula is C8H9N3OZn. The SMILES string of the molecule is Oc1ccccc1.[Zn].c1c[nH]nn1. The van der Waals surface area contributed by atoms with Crippen LogP contribution in [-0.4, -0.2) is 20.5 Å². The molecule has 0 spiro atoms. The van der Waals surface area contributed by atoms with Crippen LogP contribution in [0.1, 0.15) is 0 Å². The molecular weight excluding hydrogens is 219 g/mol. The predicted octanol–water partition coefficient (Wildman–Crippen LogP) is 1.19. The van der Waals surface area contributed by atoms with Crippen molar-refractivity contribution >= 4 is 0 Å². The Morgan fingerprint density at radius 3 is 2.08 bits per heavy atom. The number of para-hydroxylation sites is 1. The molecule has 64 valence electrons. The third-order valence-electron chi connectivity index (χ3n) is 1.09. The molecule has 1 heterocycles. The van der Waals surface area contributed by atoms with Gasteiger partial charge < -0.3 is 5.11 Å². The van der Waals surface area contributed by atoms with E-state index in [-0.39, 0.29) is 19.5 Å². The topological polar surface area (TPSA) is 61.8 Å². The van der Waals surface area contributed by atoms with Gasteiger partial charge in [-0.2, -0.15) is 0 Å². The first kappa shape index (κ1) is 11.8. The van der Waals surface area contributed by atoms with Crippen LogP contribution in [0.3, 0.4) is 0 Å². The molecule has 0 aliphatic rings. The number of nitrogens with one attached hydrogen (secondary N) is 1. The Morgan fingerprint density at radius 2 is 1.85 bits per heavy atom. The van der Waals surface area contributed by atoms with Gasteiger partial charge in [-0.15, -0.1) is 5.10 Å². The molecule has 0 fully saturated rings. The minimum absolute atomic E-state index is 0. The molecule has 1 aromatic carbocycles. The number of phenolic OH excluding ortho intramolecular Hbond substituents is 1. The minimum atomic E-state index is 0. The van der Waals surface area contributed by atoms with Crippen LogP contribution in [0.5, 0.6) is 5.75 Å². The fraction of sp³-hybridized carbons (Fsp3) is 0. The molecule has 2 N–H and O–H groups in total. The van der Waals surface area contributed by atoms with Gasteiger partial charge in [-0.05, 0) is 12.1 Å².